The average molecular weight is 377 g/mol. The number of aliphatic imine (C=N–C) groups is 1. The fourth-order valence-electron chi connectivity index (χ4n) is 2.26. The van der Waals surface area contributed by atoms with Crippen molar-refractivity contribution in [1.29, 1.82) is 0 Å². The van der Waals surface area contributed by atoms with Gasteiger partial charge in [-0.1, -0.05) is 47.5 Å². The third-order valence-corrected chi connectivity index (χ3v) is 5.02. The number of hydrogen-bond donors (Lipinski definition) is 0. The van der Waals surface area contributed by atoms with E-state index in [2.05, 4.69) is 4.99 Å². The van der Waals surface area contributed by atoms with Crippen molar-refractivity contribution in [2.24, 2.45) is 4.99 Å². The number of halogens is 2. The molecule has 0 aliphatic carbocycles. The van der Waals surface area contributed by atoms with E-state index in [0.29, 0.717) is 26.7 Å². The highest BCUT2D eigenvalue weighted by molar-refractivity contribution is 8.18. The number of amides is 1. The summed E-state index contributed by atoms with van der Waals surface area (Å²) in [6, 6.07) is 14.7. The molecule has 3 nitrogen and oxygen atoms in total. The minimum Gasteiger partial charge on any atom is -0.287 e. The smallest absolute Gasteiger partial charge is 0.266 e. The van der Waals surface area contributed by atoms with Crippen molar-refractivity contribution in [2.75, 3.05) is 6.54 Å². The predicted molar refractivity (Wildman–Crippen MR) is 103 cm³/mol. The van der Waals surface area contributed by atoms with Gasteiger partial charge in [0.1, 0.15) is 0 Å². The molecule has 0 bridgehead atoms. The first-order chi connectivity index (χ1) is 11.6. The van der Waals surface area contributed by atoms with Crippen LogP contribution in [0.4, 0.5) is 5.69 Å². The van der Waals surface area contributed by atoms with E-state index in [9.17, 15) is 4.79 Å². The molecule has 0 spiro atoms. The second-order valence-corrected chi connectivity index (χ2v) is 6.91. The Labute approximate surface area is 155 Å². The number of benzene rings is 2. The van der Waals surface area contributed by atoms with Gasteiger partial charge in [-0.2, -0.15) is 0 Å². The molecule has 1 heterocycles. The number of amidine groups is 1. The van der Waals surface area contributed by atoms with Gasteiger partial charge in [-0.05, 0) is 54.6 Å². The molecule has 1 amide bonds. The Morgan fingerprint density at radius 1 is 1.17 bits per heavy atom. The minimum atomic E-state index is -0.0665. The summed E-state index contributed by atoms with van der Waals surface area (Å²) in [6.07, 6.45) is 1.80. The second-order valence-electron chi connectivity index (χ2n) is 5.06. The molecule has 0 saturated carbocycles. The van der Waals surface area contributed by atoms with Gasteiger partial charge in [0.25, 0.3) is 5.91 Å². The quantitative estimate of drug-likeness (QED) is 0.651. The van der Waals surface area contributed by atoms with Crippen LogP contribution in [0.2, 0.25) is 10.0 Å². The average Bonchev–Trinajstić information content (AvgIpc) is 2.84. The lowest BCUT2D eigenvalue weighted by molar-refractivity contribution is -0.122. The molecule has 0 atom stereocenters. The van der Waals surface area contributed by atoms with Crippen molar-refractivity contribution in [3.05, 3.63) is 69.0 Å². The van der Waals surface area contributed by atoms with Crippen molar-refractivity contribution >= 4 is 57.8 Å². The summed E-state index contributed by atoms with van der Waals surface area (Å²) in [5.41, 5.74) is 1.53. The van der Waals surface area contributed by atoms with Crippen molar-refractivity contribution in [1.82, 2.24) is 4.90 Å². The third kappa shape index (κ3) is 3.66. The summed E-state index contributed by atoms with van der Waals surface area (Å²) in [6.45, 7) is 2.47. The summed E-state index contributed by atoms with van der Waals surface area (Å²) in [4.78, 5) is 19.4. The molecule has 1 aliphatic rings. The molecule has 1 saturated heterocycles. The maximum atomic E-state index is 12.6. The summed E-state index contributed by atoms with van der Waals surface area (Å²) in [5.74, 6) is -0.0665. The second kappa shape index (κ2) is 7.43. The van der Waals surface area contributed by atoms with Crippen LogP contribution < -0.4 is 0 Å². The summed E-state index contributed by atoms with van der Waals surface area (Å²) in [7, 11) is 0. The van der Waals surface area contributed by atoms with Crippen LogP contribution >= 0.6 is 35.0 Å². The van der Waals surface area contributed by atoms with Crippen LogP contribution in [-0.4, -0.2) is 22.5 Å². The van der Waals surface area contributed by atoms with Crippen molar-refractivity contribution in [3.8, 4) is 0 Å². The van der Waals surface area contributed by atoms with E-state index in [4.69, 9.17) is 23.2 Å². The highest BCUT2D eigenvalue weighted by Crippen LogP contribution is 2.35. The standard InChI is InChI=1S/C18H14Cl2N2OS/c1-2-22-17(23)16(10-12-6-3-4-9-15(12)20)24-18(22)21-14-8-5-7-13(19)11-14/h3-11H,2H2,1H3/b16-10+,21-18?. The first-order valence-electron chi connectivity index (χ1n) is 7.38. The van der Waals surface area contributed by atoms with Crippen molar-refractivity contribution in [3.63, 3.8) is 0 Å². The van der Waals surface area contributed by atoms with Crippen molar-refractivity contribution < 1.29 is 4.79 Å². The van der Waals surface area contributed by atoms with Gasteiger partial charge in [-0.15, -0.1) is 0 Å². The van der Waals surface area contributed by atoms with E-state index in [1.165, 1.54) is 11.8 Å². The Bertz CT molecular complexity index is 848. The normalized spacial score (nSPS) is 18.0. The van der Waals surface area contributed by atoms with Gasteiger partial charge in [0.15, 0.2) is 5.17 Å². The van der Waals surface area contributed by atoms with Gasteiger partial charge < -0.3 is 0 Å². The Morgan fingerprint density at radius 3 is 2.67 bits per heavy atom. The molecule has 122 valence electrons. The topological polar surface area (TPSA) is 32.7 Å². The van der Waals surface area contributed by atoms with Crippen LogP contribution in [0.5, 0.6) is 0 Å². The molecular weight excluding hydrogens is 363 g/mol. The lowest BCUT2D eigenvalue weighted by Gasteiger charge is -2.12. The van der Waals surface area contributed by atoms with Crippen LogP contribution in [0, 0.1) is 0 Å². The lowest BCUT2D eigenvalue weighted by atomic mass is 10.2. The lowest BCUT2D eigenvalue weighted by Crippen LogP contribution is -2.28. The number of likely N-dealkylation sites (N-methyl/N-ethyl adjacent to an activating group) is 1. The van der Waals surface area contributed by atoms with Gasteiger partial charge >= 0.3 is 0 Å². The number of thioether (sulfide) groups is 1. The van der Waals surface area contributed by atoms with Gasteiger partial charge in [0, 0.05) is 16.6 Å². The van der Waals surface area contributed by atoms with Crippen LogP contribution in [0.1, 0.15) is 12.5 Å². The first-order valence-corrected chi connectivity index (χ1v) is 8.96. The molecule has 0 radical (unpaired) electrons. The maximum absolute atomic E-state index is 12.6. The molecular formula is C18H14Cl2N2OS. The fourth-order valence-corrected chi connectivity index (χ4v) is 3.69. The zero-order valence-corrected chi connectivity index (χ0v) is 15.2. The van der Waals surface area contributed by atoms with Crippen LogP contribution in [0.15, 0.2) is 58.4 Å². The Balaban J connectivity index is 1.96. The van der Waals surface area contributed by atoms with E-state index in [1.807, 2.05) is 37.3 Å². The monoisotopic (exact) mass is 376 g/mol. The van der Waals surface area contributed by atoms with Gasteiger partial charge in [0.05, 0.1) is 10.6 Å². The highest BCUT2D eigenvalue weighted by atomic mass is 35.5. The number of rotatable bonds is 3. The molecule has 0 N–H and O–H groups in total. The molecule has 2 aromatic carbocycles. The molecule has 1 fully saturated rings. The van der Waals surface area contributed by atoms with Crippen LogP contribution in [0.25, 0.3) is 6.08 Å². The fraction of sp³-hybridized carbons (Fsp3) is 0.111. The van der Waals surface area contributed by atoms with E-state index < -0.39 is 0 Å². The van der Waals surface area contributed by atoms with E-state index >= 15 is 0 Å². The molecule has 1 aliphatic heterocycles. The van der Waals surface area contributed by atoms with Gasteiger partial charge in [-0.3, -0.25) is 9.69 Å². The molecule has 2 aromatic rings. The third-order valence-electron chi connectivity index (χ3n) is 3.43. The van der Waals surface area contributed by atoms with Crippen LogP contribution in [0.3, 0.4) is 0 Å². The number of carbonyl (C=O) groups excluding carboxylic acids is 1. The van der Waals surface area contributed by atoms with Gasteiger partial charge in [-0.25, -0.2) is 4.99 Å². The molecule has 0 aromatic heterocycles. The Morgan fingerprint density at radius 2 is 1.96 bits per heavy atom. The number of nitrogens with zero attached hydrogens (tertiary/aromatic N) is 2. The SMILES string of the molecule is CCN1C(=O)/C(=C\c2ccccc2Cl)SC1=Nc1cccc(Cl)c1. The zero-order chi connectivity index (χ0) is 17.1. The number of carbonyl (C=O) groups is 1. The van der Waals surface area contributed by atoms with Crippen LogP contribution in [-0.2, 0) is 4.79 Å². The molecule has 24 heavy (non-hydrogen) atoms. The van der Waals surface area contributed by atoms with Gasteiger partial charge in [0.2, 0.25) is 0 Å². The summed E-state index contributed by atoms with van der Waals surface area (Å²) in [5, 5.41) is 1.87. The van der Waals surface area contributed by atoms with E-state index in [0.717, 1.165) is 11.3 Å². The molecule has 6 heteroatoms. The largest absolute Gasteiger partial charge is 0.287 e. The minimum absolute atomic E-state index is 0.0665. The van der Waals surface area contributed by atoms with E-state index in [1.54, 1.807) is 29.2 Å². The highest BCUT2D eigenvalue weighted by Gasteiger charge is 2.32. The van der Waals surface area contributed by atoms with Crippen molar-refractivity contribution in [2.45, 2.75) is 6.92 Å². The van der Waals surface area contributed by atoms with E-state index in [-0.39, 0.29) is 5.91 Å². The molecule has 3 rings (SSSR count). The number of hydrogen-bond acceptors (Lipinski definition) is 3. The zero-order valence-electron chi connectivity index (χ0n) is 12.9. The first kappa shape index (κ1) is 17.1. The predicted octanol–water partition coefficient (Wildman–Crippen LogP) is 5.62. The molecule has 0 unspecified atom stereocenters. The summed E-state index contributed by atoms with van der Waals surface area (Å²) >= 11 is 13.5. The Hall–Kier alpha value is -1.75. The Kier molecular flexibility index (Phi) is 5.29. The maximum Gasteiger partial charge on any atom is 0.266 e. The summed E-state index contributed by atoms with van der Waals surface area (Å²) < 4.78 is 0.